The summed E-state index contributed by atoms with van der Waals surface area (Å²) in [7, 11) is 0. The normalized spacial score (nSPS) is 20.0. The van der Waals surface area contributed by atoms with Gasteiger partial charge in [0.25, 0.3) is 0 Å². The van der Waals surface area contributed by atoms with E-state index < -0.39 is 12.0 Å². The second-order valence-electron chi connectivity index (χ2n) is 5.58. The van der Waals surface area contributed by atoms with Crippen LogP contribution < -0.4 is 4.90 Å². The minimum Gasteiger partial charge on any atom is -0.356 e. The van der Waals surface area contributed by atoms with Crippen molar-refractivity contribution < 1.29 is 13.2 Å². The predicted octanol–water partition coefficient (Wildman–Crippen LogP) is 3.88. The highest BCUT2D eigenvalue weighted by atomic mass is 19.4. The van der Waals surface area contributed by atoms with Gasteiger partial charge in [0, 0.05) is 18.5 Å². The number of fused-ring (bicyclic) bond motifs is 1. The van der Waals surface area contributed by atoms with E-state index in [9.17, 15) is 13.2 Å². The highest BCUT2D eigenvalue weighted by Crippen LogP contribution is 2.33. The van der Waals surface area contributed by atoms with Crippen LogP contribution in [-0.4, -0.2) is 23.1 Å². The number of alkyl halides is 3. The molecular formula is C15H16F3N3. The van der Waals surface area contributed by atoms with Gasteiger partial charge in [-0.15, -0.1) is 0 Å². The minimum absolute atomic E-state index is 0.341. The Morgan fingerprint density at radius 1 is 1.19 bits per heavy atom. The van der Waals surface area contributed by atoms with Gasteiger partial charge in [-0.25, -0.2) is 9.97 Å². The average molecular weight is 295 g/mol. The maximum absolute atomic E-state index is 13.0. The minimum atomic E-state index is -4.53. The van der Waals surface area contributed by atoms with Crippen LogP contribution in [0.15, 0.2) is 24.3 Å². The number of hydrogen-bond donors (Lipinski definition) is 0. The molecule has 21 heavy (non-hydrogen) atoms. The molecule has 0 saturated carbocycles. The second-order valence-corrected chi connectivity index (χ2v) is 5.58. The molecule has 3 rings (SSSR count). The lowest BCUT2D eigenvalue weighted by Gasteiger charge is -2.32. The van der Waals surface area contributed by atoms with Crippen LogP contribution in [0.4, 0.5) is 19.0 Å². The zero-order valence-electron chi connectivity index (χ0n) is 11.7. The van der Waals surface area contributed by atoms with Crippen molar-refractivity contribution in [3.63, 3.8) is 0 Å². The summed E-state index contributed by atoms with van der Waals surface area (Å²) in [5.41, 5.74) is 0.341. The van der Waals surface area contributed by atoms with Crippen molar-refractivity contribution in [2.75, 3.05) is 18.0 Å². The third kappa shape index (κ3) is 2.80. The van der Waals surface area contributed by atoms with E-state index in [1.807, 2.05) is 4.90 Å². The van der Waals surface area contributed by atoms with Gasteiger partial charge in [0.05, 0.1) is 5.52 Å². The van der Waals surface area contributed by atoms with Crippen molar-refractivity contribution in [2.45, 2.75) is 25.9 Å². The standard InChI is InChI=1S/C15H16F3N3/c1-10-5-4-8-21(9-10)13-11-6-2-3-7-12(11)19-14(20-13)15(16,17)18/h2-3,6-7,10H,4-5,8-9H2,1H3/t10-/m1/s1. The summed E-state index contributed by atoms with van der Waals surface area (Å²) in [6.45, 7) is 3.58. The second kappa shape index (κ2) is 5.16. The Kier molecular flexibility index (Phi) is 3.47. The number of anilines is 1. The van der Waals surface area contributed by atoms with Gasteiger partial charge in [0.2, 0.25) is 5.82 Å². The molecule has 0 amide bonds. The molecule has 0 N–H and O–H groups in total. The molecule has 3 nitrogen and oxygen atoms in total. The van der Waals surface area contributed by atoms with Gasteiger partial charge in [-0.1, -0.05) is 19.1 Å². The Morgan fingerprint density at radius 2 is 1.95 bits per heavy atom. The Labute approximate surface area is 120 Å². The van der Waals surface area contributed by atoms with E-state index in [0.717, 1.165) is 25.9 Å². The van der Waals surface area contributed by atoms with Gasteiger partial charge in [-0.05, 0) is 30.9 Å². The number of benzene rings is 1. The van der Waals surface area contributed by atoms with E-state index >= 15 is 0 Å². The molecule has 0 bridgehead atoms. The summed E-state index contributed by atoms with van der Waals surface area (Å²) in [6.07, 6.45) is -2.45. The monoisotopic (exact) mass is 295 g/mol. The fraction of sp³-hybridized carbons (Fsp3) is 0.467. The molecule has 1 aromatic heterocycles. The number of hydrogen-bond acceptors (Lipinski definition) is 3. The third-order valence-corrected chi connectivity index (χ3v) is 3.79. The molecule has 2 heterocycles. The SMILES string of the molecule is C[C@@H]1CCCN(c2nc(C(F)(F)F)nc3ccccc23)C1. The van der Waals surface area contributed by atoms with Crippen molar-refractivity contribution in [3.05, 3.63) is 30.1 Å². The largest absolute Gasteiger partial charge is 0.451 e. The number of rotatable bonds is 1. The highest BCUT2D eigenvalue weighted by Gasteiger charge is 2.36. The summed E-state index contributed by atoms with van der Waals surface area (Å²) in [4.78, 5) is 9.43. The van der Waals surface area contributed by atoms with Crippen molar-refractivity contribution >= 4 is 16.7 Å². The number of halogens is 3. The zero-order chi connectivity index (χ0) is 15.0. The molecular weight excluding hydrogens is 279 g/mol. The Morgan fingerprint density at radius 3 is 2.67 bits per heavy atom. The molecule has 0 spiro atoms. The van der Waals surface area contributed by atoms with Crippen LogP contribution in [0.3, 0.4) is 0 Å². The number of para-hydroxylation sites is 1. The molecule has 1 aliphatic heterocycles. The number of nitrogens with zero attached hydrogens (tertiary/aromatic N) is 3. The summed E-state index contributed by atoms with van der Waals surface area (Å²) in [5, 5.41) is 0.680. The molecule has 1 saturated heterocycles. The Balaban J connectivity index is 2.14. The van der Waals surface area contributed by atoms with Gasteiger partial charge in [-0.2, -0.15) is 13.2 Å². The molecule has 1 aromatic carbocycles. The smallest absolute Gasteiger partial charge is 0.356 e. The molecule has 1 aliphatic rings. The number of aromatic nitrogens is 2. The fourth-order valence-corrected chi connectivity index (χ4v) is 2.81. The van der Waals surface area contributed by atoms with Crippen LogP contribution in [0.5, 0.6) is 0 Å². The predicted molar refractivity (Wildman–Crippen MR) is 75.2 cm³/mol. The lowest BCUT2D eigenvalue weighted by atomic mass is 10.00. The molecule has 0 radical (unpaired) electrons. The molecule has 6 heteroatoms. The van der Waals surface area contributed by atoms with Crippen LogP contribution >= 0.6 is 0 Å². The summed E-state index contributed by atoms with van der Waals surface area (Å²) in [6, 6.07) is 6.88. The fourth-order valence-electron chi connectivity index (χ4n) is 2.81. The van der Waals surface area contributed by atoms with E-state index in [-0.39, 0.29) is 0 Å². The van der Waals surface area contributed by atoms with E-state index in [0.29, 0.717) is 22.6 Å². The first-order valence-corrected chi connectivity index (χ1v) is 7.04. The average Bonchev–Trinajstić information content (AvgIpc) is 2.45. The number of piperidine rings is 1. The highest BCUT2D eigenvalue weighted by molar-refractivity contribution is 5.89. The van der Waals surface area contributed by atoms with Gasteiger partial charge in [0.15, 0.2) is 0 Å². The molecule has 0 unspecified atom stereocenters. The van der Waals surface area contributed by atoms with Gasteiger partial charge in [0.1, 0.15) is 5.82 Å². The molecule has 112 valence electrons. The van der Waals surface area contributed by atoms with Crippen LogP contribution in [0, 0.1) is 5.92 Å². The Bertz CT molecular complexity index is 654. The van der Waals surface area contributed by atoms with Gasteiger partial charge < -0.3 is 4.90 Å². The van der Waals surface area contributed by atoms with Gasteiger partial charge >= 0.3 is 6.18 Å². The molecule has 1 fully saturated rings. The van der Waals surface area contributed by atoms with E-state index in [1.54, 1.807) is 24.3 Å². The molecule has 1 atom stereocenters. The van der Waals surface area contributed by atoms with Crippen molar-refractivity contribution in [1.29, 1.82) is 0 Å². The summed E-state index contributed by atoms with van der Waals surface area (Å²) < 4.78 is 39.0. The maximum Gasteiger partial charge on any atom is 0.451 e. The summed E-state index contributed by atoms with van der Waals surface area (Å²) >= 11 is 0. The van der Waals surface area contributed by atoms with E-state index in [4.69, 9.17) is 0 Å². The maximum atomic E-state index is 13.0. The van der Waals surface area contributed by atoms with Crippen LogP contribution in [0.2, 0.25) is 0 Å². The first kappa shape index (κ1) is 14.1. The topological polar surface area (TPSA) is 29.0 Å². The Hall–Kier alpha value is -1.85. The van der Waals surface area contributed by atoms with Crippen molar-refractivity contribution in [1.82, 2.24) is 9.97 Å². The van der Waals surface area contributed by atoms with Crippen LogP contribution in [0.1, 0.15) is 25.6 Å². The van der Waals surface area contributed by atoms with Crippen LogP contribution in [-0.2, 0) is 6.18 Å². The third-order valence-electron chi connectivity index (χ3n) is 3.79. The van der Waals surface area contributed by atoms with Crippen molar-refractivity contribution in [3.8, 4) is 0 Å². The van der Waals surface area contributed by atoms with Crippen molar-refractivity contribution in [2.24, 2.45) is 5.92 Å². The lowest BCUT2D eigenvalue weighted by Crippen LogP contribution is -2.35. The van der Waals surface area contributed by atoms with E-state index in [2.05, 4.69) is 16.9 Å². The first-order chi connectivity index (χ1) is 9.95. The zero-order valence-corrected chi connectivity index (χ0v) is 11.7. The lowest BCUT2D eigenvalue weighted by molar-refractivity contribution is -0.144. The molecule has 0 aliphatic carbocycles. The summed E-state index contributed by atoms with van der Waals surface area (Å²) in [5.74, 6) is -0.198. The molecule has 2 aromatic rings. The van der Waals surface area contributed by atoms with E-state index in [1.165, 1.54) is 0 Å². The van der Waals surface area contributed by atoms with Gasteiger partial charge in [-0.3, -0.25) is 0 Å². The first-order valence-electron chi connectivity index (χ1n) is 7.04. The quantitative estimate of drug-likeness (QED) is 0.799. The van der Waals surface area contributed by atoms with Crippen LogP contribution in [0.25, 0.3) is 10.9 Å².